The molecule has 1 aliphatic rings. The fourth-order valence-electron chi connectivity index (χ4n) is 1.66. The molecule has 0 bridgehead atoms. The SMILES string of the molecule is O[C@@]1(CNc2ccc(C(F)(F)F)cn2)CCSC1. The zero-order valence-electron chi connectivity index (χ0n) is 9.50. The molecule has 1 aliphatic heterocycles. The number of hydrogen-bond donors (Lipinski definition) is 2. The minimum atomic E-state index is -4.37. The maximum absolute atomic E-state index is 12.3. The number of nitrogens with one attached hydrogen (secondary N) is 1. The third-order valence-electron chi connectivity index (χ3n) is 2.77. The third kappa shape index (κ3) is 3.29. The van der Waals surface area contributed by atoms with Crippen LogP contribution in [0.4, 0.5) is 19.0 Å². The molecule has 1 aromatic heterocycles. The predicted octanol–water partition coefficient (Wildman–Crippen LogP) is 2.38. The van der Waals surface area contributed by atoms with Crippen LogP contribution in [-0.2, 0) is 6.18 Å². The van der Waals surface area contributed by atoms with Gasteiger partial charge in [-0.1, -0.05) is 0 Å². The Balaban J connectivity index is 1.94. The quantitative estimate of drug-likeness (QED) is 0.891. The standard InChI is InChI=1S/C11H13F3N2OS/c12-11(13,14)8-1-2-9(15-5-8)16-6-10(17)3-4-18-7-10/h1-2,5,17H,3-4,6-7H2,(H,15,16)/t10-/m1/s1. The number of hydrogen-bond acceptors (Lipinski definition) is 4. The first-order chi connectivity index (χ1) is 8.39. The first kappa shape index (κ1) is 13.5. The lowest BCUT2D eigenvalue weighted by atomic mass is 10.0. The van der Waals surface area contributed by atoms with Gasteiger partial charge in [0.05, 0.1) is 11.2 Å². The Morgan fingerprint density at radius 3 is 2.72 bits per heavy atom. The fourth-order valence-corrected chi connectivity index (χ4v) is 2.95. The Bertz CT molecular complexity index is 402. The average molecular weight is 278 g/mol. The van der Waals surface area contributed by atoms with Crippen LogP contribution in [0.1, 0.15) is 12.0 Å². The number of anilines is 1. The molecule has 2 rings (SSSR count). The number of alkyl halides is 3. The van der Waals surface area contributed by atoms with Gasteiger partial charge in [-0.3, -0.25) is 0 Å². The van der Waals surface area contributed by atoms with E-state index < -0.39 is 17.3 Å². The van der Waals surface area contributed by atoms with Gasteiger partial charge in [-0.25, -0.2) is 4.98 Å². The molecule has 1 aromatic rings. The van der Waals surface area contributed by atoms with Crippen molar-refractivity contribution >= 4 is 17.6 Å². The number of pyridine rings is 1. The number of halogens is 3. The summed E-state index contributed by atoms with van der Waals surface area (Å²) in [5.74, 6) is 1.88. The smallest absolute Gasteiger partial charge is 0.387 e. The van der Waals surface area contributed by atoms with Gasteiger partial charge in [0.25, 0.3) is 0 Å². The second-order valence-electron chi connectivity index (χ2n) is 4.31. The van der Waals surface area contributed by atoms with Gasteiger partial charge in [-0.05, 0) is 24.3 Å². The van der Waals surface area contributed by atoms with Crippen molar-refractivity contribution in [3.8, 4) is 0 Å². The highest BCUT2D eigenvalue weighted by molar-refractivity contribution is 7.99. The van der Waals surface area contributed by atoms with E-state index in [2.05, 4.69) is 10.3 Å². The zero-order chi connectivity index (χ0) is 13.2. The molecular formula is C11H13F3N2OS. The lowest BCUT2D eigenvalue weighted by molar-refractivity contribution is -0.137. The van der Waals surface area contributed by atoms with Crippen LogP contribution in [0.3, 0.4) is 0 Å². The summed E-state index contributed by atoms with van der Waals surface area (Å²) >= 11 is 1.66. The van der Waals surface area contributed by atoms with Gasteiger partial charge in [0, 0.05) is 18.5 Å². The Hall–Kier alpha value is -0.950. The summed E-state index contributed by atoms with van der Waals surface area (Å²) in [6.45, 7) is 0.304. The number of rotatable bonds is 3. The van der Waals surface area contributed by atoms with Gasteiger partial charge in [0.2, 0.25) is 0 Å². The summed E-state index contributed by atoms with van der Waals surface area (Å²) in [6.07, 6.45) is -2.90. The maximum Gasteiger partial charge on any atom is 0.417 e. The molecule has 1 fully saturated rings. The molecule has 0 aromatic carbocycles. The van der Waals surface area contributed by atoms with Crippen molar-refractivity contribution in [3.63, 3.8) is 0 Å². The normalized spacial score (nSPS) is 24.2. The molecule has 0 spiro atoms. The Labute approximate surface area is 107 Å². The first-order valence-corrected chi connectivity index (χ1v) is 6.62. The Morgan fingerprint density at radius 1 is 1.44 bits per heavy atom. The second-order valence-corrected chi connectivity index (χ2v) is 5.42. The molecule has 1 saturated heterocycles. The second kappa shape index (κ2) is 4.97. The van der Waals surface area contributed by atoms with Crippen molar-refractivity contribution in [1.29, 1.82) is 0 Å². The monoisotopic (exact) mass is 278 g/mol. The van der Waals surface area contributed by atoms with E-state index in [1.807, 2.05) is 0 Å². The predicted molar refractivity (Wildman–Crippen MR) is 64.6 cm³/mol. The molecule has 2 N–H and O–H groups in total. The molecule has 3 nitrogen and oxygen atoms in total. The summed E-state index contributed by atoms with van der Waals surface area (Å²) in [6, 6.07) is 2.25. The number of aromatic nitrogens is 1. The number of thioether (sulfide) groups is 1. The van der Waals surface area contributed by atoms with Crippen LogP contribution in [0.5, 0.6) is 0 Å². The van der Waals surface area contributed by atoms with Crippen LogP contribution in [0, 0.1) is 0 Å². The van der Waals surface area contributed by atoms with Gasteiger partial charge in [0.1, 0.15) is 5.82 Å². The average Bonchev–Trinajstić information content (AvgIpc) is 2.74. The van der Waals surface area contributed by atoms with Gasteiger partial charge in [0.15, 0.2) is 0 Å². The van der Waals surface area contributed by atoms with Gasteiger partial charge in [-0.15, -0.1) is 0 Å². The van der Waals surface area contributed by atoms with Crippen molar-refractivity contribution in [1.82, 2.24) is 4.98 Å². The molecule has 0 aliphatic carbocycles. The summed E-state index contributed by atoms with van der Waals surface area (Å²) < 4.78 is 36.9. The van der Waals surface area contributed by atoms with E-state index >= 15 is 0 Å². The molecular weight excluding hydrogens is 265 g/mol. The van der Waals surface area contributed by atoms with E-state index in [4.69, 9.17) is 0 Å². The molecule has 0 amide bonds. The molecule has 0 radical (unpaired) electrons. The van der Waals surface area contributed by atoms with Crippen molar-refractivity contribution in [2.45, 2.75) is 18.2 Å². The van der Waals surface area contributed by atoms with Crippen LogP contribution in [-0.4, -0.2) is 33.7 Å². The topological polar surface area (TPSA) is 45.1 Å². The van der Waals surface area contributed by atoms with E-state index in [0.717, 1.165) is 18.0 Å². The maximum atomic E-state index is 12.3. The fraction of sp³-hybridized carbons (Fsp3) is 0.545. The van der Waals surface area contributed by atoms with Crippen molar-refractivity contribution in [3.05, 3.63) is 23.9 Å². The lowest BCUT2D eigenvalue weighted by Gasteiger charge is -2.21. The molecule has 2 heterocycles. The number of aliphatic hydroxyl groups is 1. The van der Waals surface area contributed by atoms with Crippen molar-refractivity contribution in [2.75, 3.05) is 23.4 Å². The van der Waals surface area contributed by atoms with Gasteiger partial charge in [-0.2, -0.15) is 24.9 Å². The van der Waals surface area contributed by atoms with Crippen LogP contribution in [0.15, 0.2) is 18.3 Å². The Morgan fingerprint density at radius 2 is 2.22 bits per heavy atom. The van der Waals surface area contributed by atoms with E-state index in [-0.39, 0.29) is 0 Å². The van der Waals surface area contributed by atoms with Gasteiger partial charge < -0.3 is 10.4 Å². The summed E-state index contributed by atoms with van der Waals surface area (Å²) in [7, 11) is 0. The molecule has 0 saturated carbocycles. The highest BCUT2D eigenvalue weighted by atomic mass is 32.2. The highest BCUT2D eigenvalue weighted by Gasteiger charge is 2.32. The van der Waals surface area contributed by atoms with E-state index in [1.165, 1.54) is 6.07 Å². The largest absolute Gasteiger partial charge is 0.417 e. The van der Waals surface area contributed by atoms with Crippen molar-refractivity contribution in [2.24, 2.45) is 0 Å². The van der Waals surface area contributed by atoms with Crippen molar-refractivity contribution < 1.29 is 18.3 Å². The molecule has 7 heteroatoms. The first-order valence-electron chi connectivity index (χ1n) is 5.46. The van der Waals surface area contributed by atoms with Crippen LogP contribution < -0.4 is 5.32 Å². The van der Waals surface area contributed by atoms with Crippen LogP contribution >= 0.6 is 11.8 Å². The highest BCUT2D eigenvalue weighted by Crippen LogP contribution is 2.30. The molecule has 1 atom stereocenters. The van der Waals surface area contributed by atoms with E-state index in [9.17, 15) is 18.3 Å². The molecule has 18 heavy (non-hydrogen) atoms. The van der Waals surface area contributed by atoms with Crippen LogP contribution in [0.2, 0.25) is 0 Å². The summed E-state index contributed by atoms with van der Waals surface area (Å²) in [5.41, 5.74) is -1.56. The summed E-state index contributed by atoms with van der Waals surface area (Å²) in [5, 5.41) is 12.9. The Kier molecular flexibility index (Phi) is 3.72. The third-order valence-corrected chi connectivity index (χ3v) is 4.01. The molecule has 100 valence electrons. The van der Waals surface area contributed by atoms with E-state index in [1.54, 1.807) is 11.8 Å². The van der Waals surface area contributed by atoms with E-state index in [0.29, 0.717) is 24.5 Å². The molecule has 0 unspecified atom stereocenters. The number of nitrogens with zero attached hydrogens (tertiary/aromatic N) is 1. The van der Waals surface area contributed by atoms with Gasteiger partial charge >= 0.3 is 6.18 Å². The minimum absolute atomic E-state index is 0.304. The summed E-state index contributed by atoms with van der Waals surface area (Å²) in [4.78, 5) is 3.69. The minimum Gasteiger partial charge on any atom is -0.387 e. The zero-order valence-corrected chi connectivity index (χ0v) is 10.3. The lowest BCUT2D eigenvalue weighted by Crippen LogP contribution is -2.36. The van der Waals surface area contributed by atoms with Crippen LogP contribution in [0.25, 0.3) is 0 Å².